The standard InChI is InChI=1S/C20H17F3O/c1-3-19(2,18(24)16-7-5-4-6-8-16)14-13-15-9-11-17(12-10-15)20(21,22)23/h4-12H,3H2,1-2H3. The zero-order chi connectivity index (χ0) is 17.8. The quantitative estimate of drug-likeness (QED) is 0.547. The first kappa shape index (κ1) is 17.8. The van der Waals surface area contributed by atoms with Gasteiger partial charge in [-0.1, -0.05) is 49.1 Å². The molecule has 24 heavy (non-hydrogen) atoms. The van der Waals surface area contributed by atoms with E-state index >= 15 is 0 Å². The van der Waals surface area contributed by atoms with Gasteiger partial charge in [0, 0.05) is 11.1 Å². The SMILES string of the molecule is CCC(C)(C#Cc1ccc(C(F)(F)F)cc1)C(=O)c1ccccc1. The van der Waals surface area contributed by atoms with Crippen LogP contribution in [-0.4, -0.2) is 5.78 Å². The molecule has 0 radical (unpaired) electrons. The molecule has 0 saturated heterocycles. The molecule has 1 atom stereocenters. The molecule has 0 saturated carbocycles. The van der Waals surface area contributed by atoms with Crippen LogP contribution in [0.25, 0.3) is 0 Å². The number of halogens is 3. The van der Waals surface area contributed by atoms with E-state index in [1.807, 2.05) is 13.0 Å². The Morgan fingerprint density at radius 2 is 1.58 bits per heavy atom. The number of benzene rings is 2. The Balaban J connectivity index is 2.27. The predicted octanol–water partition coefficient (Wildman–Crippen LogP) is 5.36. The van der Waals surface area contributed by atoms with Gasteiger partial charge in [-0.2, -0.15) is 13.2 Å². The van der Waals surface area contributed by atoms with E-state index in [9.17, 15) is 18.0 Å². The topological polar surface area (TPSA) is 17.1 Å². The minimum atomic E-state index is -4.37. The number of hydrogen-bond acceptors (Lipinski definition) is 1. The average Bonchev–Trinajstić information content (AvgIpc) is 2.59. The molecule has 0 spiro atoms. The molecule has 0 aromatic heterocycles. The number of ketones is 1. The van der Waals surface area contributed by atoms with Gasteiger partial charge in [-0.05, 0) is 37.6 Å². The van der Waals surface area contributed by atoms with Crippen molar-refractivity contribution in [2.24, 2.45) is 5.41 Å². The van der Waals surface area contributed by atoms with Crippen molar-refractivity contribution in [3.8, 4) is 11.8 Å². The van der Waals surface area contributed by atoms with Gasteiger partial charge in [0.05, 0.1) is 11.0 Å². The summed E-state index contributed by atoms with van der Waals surface area (Å²) in [6.45, 7) is 3.61. The maximum Gasteiger partial charge on any atom is 0.416 e. The number of carbonyl (C=O) groups is 1. The van der Waals surface area contributed by atoms with Crippen LogP contribution in [0, 0.1) is 17.3 Å². The Bertz CT molecular complexity index is 765. The van der Waals surface area contributed by atoms with E-state index in [0.717, 1.165) is 12.1 Å². The van der Waals surface area contributed by atoms with Gasteiger partial charge in [0.1, 0.15) is 0 Å². The fraction of sp³-hybridized carbons (Fsp3) is 0.250. The largest absolute Gasteiger partial charge is 0.416 e. The van der Waals surface area contributed by atoms with Crippen LogP contribution in [0.15, 0.2) is 54.6 Å². The first-order valence-electron chi connectivity index (χ1n) is 7.56. The van der Waals surface area contributed by atoms with Gasteiger partial charge in [0.2, 0.25) is 0 Å². The van der Waals surface area contributed by atoms with E-state index in [-0.39, 0.29) is 5.78 Å². The summed E-state index contributed by atoms with van der Waals surface area (Å²) < 4.78 is 37.7. The summed E-state index contributed by atoms with van der Waals surface area (Å²) in [6.07, 6.45) is -3.86. The molecule has 2 aromatic rings. The van der Waals surface area contributed by atoms with Gasteiger partial charge < -0.3 is 0 Å². The lowest BCUT2D eigenvalue weighted by Crippen LogP contribution is -2.25. The molecule has 2 aromatic carbocycles. The highest BCUT2D eigenvalue weighted by Crippen LogP contribution is 2.29. The average molecular weight is 330 g/mol. The monoisotopic (exact) mass is 330 g/mol. The van der Waals surface area contributed by atoms with Crippen LogP contribution in [0.1, 0.15) is 41.8 Å². The van der Waals surface area contributed by atoms with Gasteiger partial charge in [-0.15, -0.1) is 0 Å². The summed E-state index contributed by atoms with van der Waals surface area (Å²) in [4.78, 5) is 12.7. The highest BCUT2D eigenvalue weighted by atomic mass is 19.4. The van der Waals surface area contributed by atoms with Crippen molar-refractivity contribution in [3.05, 3.63) is 71.3 Å². The Hall–Kier alpha value is -2.54. The molecule has 0 aliphatic heterocycles. The molecule has 2 rings (SSSR count). The zero-order valence-electron chi connectivity index (χ0n) is 13.4. The first-order valence-corrected chi connectivity index (χ1v) is 7.56. The van der Waals surface area contributed by atoms with Crippen LogP contribution in [0.5, 0.6) is 0 Å². The lowest BCUT2D eigenvalue weighted by molar-refractivity contribution is -0.137. The van der Waals surface area contributed by atoms with E-state index in [2.05, 4.69) is 11.8 Å². The van der Waals surface area contributed by atoms with Crippen LogP contribution in [-0.2, 0) is 6.18 Å². The summed E-state index contributed by atoms with van der Waals surface area (Å²) in [5.41, 5.74) is -0.580. The van der Waals surface area contributed by atoms with Crippen LogP contribution >= 0.6 is 0 Å². The maximum absolute atomic E-state index is 12.7. The summed E-state index contributed by atoms with van der Waals surface area (Å²) >= 11 is 0. The van der Waals surface area contributed by atoms with Crippen molar-refractivity contribution in [2.75, 3.05) is 0 Å². The van der Waals surface area contributed by atoms with Crippen molar-refractivity contribution in [1.82, 2.24) is 0 Å². The normalized spacial score (nSPS) is 13.5. The lowest BCUT2D eigenvalue weighted by atomic mass is 9.80. The van der Waals surface area contributed by atoms with E-state index in [0.29, 0.717) is 17.5 Å². The second kappa shape index (κ2) is 6.92. The van der Waals surface area contributed by atoms with Gasteiger partial charge >= 0.3 is 6.18 Å². The summed E-state index contributed by atoms with van der Waals surface area (Å²) in [5, 5.41) is 0. The Labute approximate surface area is 139 Å². The number of carbonyl (C=O) groups excluding carboxylic acids is 1. The van der Waals surface area contributed by atoms with Gasteiger partial charge in [0.15, 0.2) is 5.78 Å². The third kappa shape index (κ3) is 4.05. The Kier molecular flexibility index (Phi) is 5.14. The molecule has 4 heteroatoms. The fourth-order valence-corrected chi connectivity index (χ4v) is 2.17. The second-order valence-corrected chi connectivity index (χ2v) is 5.71. The molecule has 0 heterocycles. The highest BCUT2D eigenvalue weighted by molar-refractivity contribution is 6.02. The molecule has 1 nitrogen and oxygen atoms in total. The summed E-state index contributed by atoms with van der Waals surface area (Å²) in [5.74, 6) is 5.67. The van der Waals surface area contributed by atoms with Crippen LogP contribution in [0.2, 0.25) is 0 Å². The molecular formula is C20H17F3O. The molecule has 0 N–H and O–H groups in total. The number of Topliss-reactive ketones (excluding diaryl/α,β-unsaturated/α-hetero) is 1. The van der Waals surface area contributed by atoms with Crippen molar-refractivity contribution in [1.29, 1.82) is 0 Å². The molecule has 124 valence electrons. The van der Waals surface area contributed by atoms with Crippen LogP contribution < -0.4 is 0 Å². The van der Waals surface area contributed by atoms with Crippen molar-refractivity contribution in [3.63, 3.8) is 0 Å². The van der Waals surface area contributed by atoms with Crippen molar-refractivity contribution >= 4 is 5.78 Å². The van der Waals surface area contributed by atoms with Crippen LogP contribution in [0.3, 0.4) is 0 Å². The molecule has 0 amide bonds. The maximum atomic E-state index is 12.7. The van der Waals surface area contributed by atoms with Gasteiger partial charge in [0.25, 0.3) is 0 Å². The van der Waals surface area contributed by atoms with E-state index in [1.165, 1.54) is 12.1 Å². The molecule has 0 bridgehead atoms. The van der Waals surface area contributed by atoms with Crippen LogP contribution in [0.4, 0.5) is 13.2 Å². The number of hydrogen-bond donors (Lipinski definition) is 0. The highest BCUT2D eigenvalue weighted by Gasteiger charge is 2.31. The van der Waals surface area contributed by atoms with E-state index < -0.39 is 17.2 Å². The van der Waals surface area contributed by atoms with Crippen molar-refractivity contribution in [2.45, 2.75) is 26.4 Å². The third-order valence-corrected chi connectivity index (χ3v) is 3.94. The van der Waals surface area contributed by atoms with E-state index in [4.69, 9.17) is 0 Å². The smallest absolute Gasteiger partial charge is 0.292 e. The zero-order valence-corrected chi connectivity index (χ0v) is 13.4. The molecular weight excluding hydrogens is 313 g/mol. The second-order valence-electron chi connectivity index (χ2n) is 5.71. The van der Waals surface area contributed by atoms with Crippen molar-refractivity contribution < 1.29 is 18.0 Å². The molecule has 0 aliphatic carbocycles. The molecule has 0 fully saturated rings. The van der Waals surface area contributed by atoms with Gasteiger partial charge in [-0.25, -0.2) is 0 Å². The number of alkyl halides is 3. The minimum Gasteiger partial charge on any atom is -0.292 e. The fourth-order valence-electron chi connectivity index (χ4n) is 2.17. The minimum absolute atomic E-state index is 0.0926. The summed E-state index contributed by atoms with van der Waals surface area (Å²) in [6, 6.07) is 13.5. The molecule has 1 unspecified atom stereocenters. The number of rotatable bonds is 3. The Morgan fingerprint density at radius 3 is 2.08 bits per heavy atom. The summed E-state index contributed by atoms with van der Waals surface area (Å²) in [7, 11) is 0. The Morgan fingerprint density at radius 1 is 1.00 bits per heavy atom. The lowest BCUT2D eigenvalue weighted by Gasteiger charge is -2.20. The van der Waals surface area contributed by atoms with Gasteiger partial charge in [-0.3, -0.25) is 4.79 Å². The third-order valence-electron chi connectivity index (χ3n) is 3.94. The molecule has 0 aliphatic rings. The first-order chi connectivity index (χ1) is 11.3. The van der Waals surface area contributed by atoms with E-state index in [1.54, 1.807) is 31.2 Å². The predicted molar refractivity (Wildman–Crippen MR) is 87.5 cm³/mol.